The monoisotopic (exact) mass is 372 g/mol. The van der Waals surface area contributed by atoms with Crippen LogP contribution >= 0.6 is 0 Å². The van der Waals surface area contributed by atoms with Crippen LogP contribution in [0, 0.1) is 12.8 Å². The lowest BCUT2D eigenvalue weighted by molar-refractivity contribution is -0.122. The van der Waals surface area contributed by atoms with Gasteiger partial charge in [0.1, 0.15) is 0 Å². The van der Waals surface area contributed by atoms with Gasteiger partial charge in [0.2, 0.25) is 11.8 Å². The van der Waals surface area contributed by atoms with Crippen molar-refractivity contribution < 1.29 is 18.0 Å². The van der Waals surface area contributed by atoms with Crippen molar-refractivity contribution in [2.75, 3.05) is 23.0 Å². The van der Waals surface area contributed by atoms with Gasteiger partial charge in [-0.2, -0.15) is 0 Å². The molecule has 1 heterocycles. The van der Waals surface area contributed by atoms with Crippen LogP contribution in [-0.2, 0) is 19.4 Å². The number of aryl methyl sites for hydroxylation is 1. The molecule has 1 aliphatic rings. The zero-order chi connectivity index (χ0) is 18.9. The predicted molar refractivity (Wildman–Crippen MR) is 99.8 cm³/mol. The second kappa shape index (κ2) is 6.92. The van der Waals surface area contributed by atoms with Gasteiger partial charge in [0.15, 0.2) is 9.84 Å². The first kappa shape index (κ1) is 18.1. The molecule has 0 aliphatic carbocycles. The van der Waals surface area contributed by atoms with Gasteiger partial charge in [0.05, 0.1) is 10.8 Å². The minimum atomic E-state index is -3.35. The summed E-state index contributed by atoms with van der Waals surface area (Å²) in [4.78, 5) is 26.5. The molecule has 0 bridgehead atoms. The van der Waals surface area contributed by atoms with Gasteiger partial charge in [-0.3, -0.25) is 9.59 Å². The fraction of sp³-hybridized carbons (Fsp3) is 0.263. The Hall–Kier alpha value is -2.67. The van der Waals surface area contributed by atoms with Crippen LogP contribution < -0.4 is 10.2 Å². The summed E-state index contributed by atoms with van der Waals surface area (Å²) in [5.74, 6) is -0.872. The molecule has 136 valence electrons. The molecule has 26 heavy (non-hydrogen) atoms. The summed E-state index contributed by atoms with van der Waals surface area (Å²) in [6, 6.07) is 13.7. The van der Waals surface area contributed by atoms with Crippen LogP contribution in [-0.4, -0.2) is 33.0 Å². The third-order valence-corrected chi connectivity index (χ3v) is 5.48. The molecule has 1 unspecified atom stereocenters. The Balaban J connectivity index is 1.71. The lowest BCUT2D eigenvalue weighted by Gasteiger charge is -2.17. The maximum Gasteiger partial charge on any atom is 0.229 e. The molecular weight excluding hydrogens is 352 g/mol. The van der Waals surface area contributed by atoms with E-state index in [1.807, 2.05) is 31.2 Å². The van der Waals surface area contributed by atoms with Crippen molar-refractivity contribution in [2.24, 2.45) is 5.92 Å². The van der Waals surface area contributed by atoms with Crippen LogP contribution in [0.3, 0.4) is 0 Å². The van der Waals surface area contributed by atoms with E-state index in [1.54, 1.807) is 17.0 Å². The number of sulfone groups is 1. The molecule has 0 saturated carbocycles. The first-order chi connectivity index (χ1) is 12.2. The fourth-order valence-electron chi connectivity index (χ4n) is 2.91. The molecule has 1 fully saturated rings. The van der Waals surface area contributed by atoms with Gasteiger partial charge in [-0.25, -0.2) is 8.42 Å². The van der Waals surface area contributed by atoms with Crippen LogP contribution in [0.25, 0.3) is 0 Å². The SMILES string of the molecule is Cc1ccc(N2CC(C(=O)Nc3cccc(S(C)(=O)=O)c3)CC2=O)cc1. The Morgan fingerprint density at radius 3 is 2.50 bits per heavy atom. The zero-order valence-corrected chi connectivity index (χ0v) is 15.4. The van der Waals surface area contributed by atoms with E-state index in [-0.39, 0.29) is 23.1 Å². The van der Waals surface area contributed by atoms with Gasteiger partial charge in [-0.1, -0.05) is 23.8 Å². The molecule has 7 heteroatoms. The number of carbonyl (C=O) groups excluding carboxylic acids is 2. The molecule has 0 spiro atoms. The van der Waals surface area contributed by atoms with Gasteiger partial charge >= 0.3 is 0 Å². The van der Waals surface area contributed by atoms with Gasteiger partial charge in [0.25, 0.3) is 0 Å². The van der Waals surface area contributed by atoms with Crippen molar-refractivity contribution in [3.63, 3.8) is 0 Å². The average molecular weight is 372 g/mol. The number of hydrogen-bond acceptors (Lipinski definition) is 4. The molecule has 2 aromatic carbocycles. The summed E-state index contributed by atoms with van der Waals surface area (Å²) >= 11 is 0. The Kier molecular flexibility index (Phi) is 4.82. The minimum Gasteiger partial charge on any atom is -0.326 e. The maximum atomic E-state index is 12.5. The summed E-state index contributed by atoms with van der Waals surface area (Å²) in [6.07, 6.45) is 1.24. The maximum absolute atomic E-state index is 12.5. The molecule has 6 nitrogen and oxygen atoms in total. The van der Waals surface area contributed by atoms with Crippen LogP contribution in [0.2, 0.25) is 0 Å². The predicted octanol–water partition coefficient (Wildman–Crippen LogP) is 2.39. The normalized spacial score (nSPS) is 17.4. The van der Waals surface area contributed by atoms with Crippen molar-refractivity contribution >= 4 is 33.0 Å². The second-order valence-corrected chi connectivity index (χ2v) is 8.55. The van der Waals surface area contributed by atoms with Gasteiger partial charge in [-0.05, 0) is 37.3 Å². The fourth-order valence-corrected chi connectivity index (χ4v) is 3.57. The quantitative estimate of drug-likeness (QED) is 0.893. The van der Waals surface area contributed by atoms with E-state index in [2.05, 4.69) is 5.32 Å². The molecule has 2 amide bonds. The number of anilines is 2. The topological polar surface area (TPSA) is 83.6 Å². The first-order valence-corrected chi connectivity index (χ1v) is 10.1. The van der Waals surface area contributed by atoms with Crippen LogP contribution in [0.4, 0.5) is 11.4 Å². The highest BCUT2D eigenvalue weighted by Crippen LogP contribution is 2.26. The molecule has 2 aromatic rings. The highest BCUT2D eigenvalue weighted by molar-refractivity contribution is 7.90. The van der Waals surface area contributed by atoms with Crippen LogP contribution in [0.15, 0.2) is 53.4 Å². The van der Waals surface area contributed by atoms with E-state index in [9.17, 15) is 18.0 Å². The lowest BCUT2D eigenvalue weighted by Crippen LogP contribution is -2.28. The molecule has 1 N–H and O–H groups in total. The largest absolute Gasteiger partial charge is 0.326 e. The number of amides is 2. The number of hydrogen-bond donors (Lipinski definition) is 1. The van der Waals surface area contributed by atoms with E-state index >= 15 is 0 Å². The van der Waals surface area contributed by atoms with Gasteiger partial charge in [-0.15, -0.1) is 0 Å². The Morgan fingerprint density at radius 1 is 1.15 bits per heavy atom. The third kappa shape index (κ3) is 3.94. The highest BCUT2D eigenvalue weighted by atomic mass is 32.2. The van der Waals surface area contributed by atoms with E-state index in [0.29, 0.717) is 12.2 Å². The smallest absolute Gasteiger partial charge is 0.229 e. The van der Waals surface area contributed by atoms with Crippen molar-refractivity contribution in [3.05, 3.63) is 54.1 Å². The molecule has 0 aromatic heterocycles. The van der Waals surface area contributed by atoms with Gasteiger partial charge < -0.3 is 10.2 Å². The molecular formula is C19H20N2O4S. The molecule has 1 atom stereocenters. The van der Waals surface area contributed by atoms with Crippen molar-refractivity contribution in [1.29, 1.82) is 0 Å². The third-order valence-electron chi connectivity index (χ3n) is 4.37. The molecule has 1 saturated heterocycles. The first-order valence-electron chi connectivity index (χ1n) is 8.22. The molecule has 1 aliphatic heterocycles. The van der Waals surface area contributed by atoms with Crippen LogP contribution in [0.5, 0.6) is 0 Å². The van der Waals surface area contributed by atoms with Crippen LogP contribution in [0.1, 0.15) is 12.0 Å². The number of nitrogens with one attached hydrogen (secondary N) is 1. The summed E-state index contributed by atoms with van der Waals surface area (Å²) in [6.45, 7) is 2.27. The highest BCUT2D eigenvalue weighted by Gasteiger charge is 2.35. The summed E-state index contributed by atoms with van der Waals surface area (Å²) < 4.78 is 23.3. The summed E-state index contributed by atoms with van der Waals surface area (Å²) in [5.41, 5.74) is 2.27. The lowest BCUT2D eigenvalue weighted by atomic mass is 10.1. The van der Waals surface area contributed by atoms with Gasteiger partial charge in [0, 0.05) is 30.6 Å². The Bertz CT molecular complexity index is 952. The zero-order valence-electron chi connectivity index (χ0n) is 14.6. The number of nitrogens with zero attached hydrogens (tertiary/aromatic N) is 1. The number of rotatable bonds is 4. The number of carbonyl (C=O) groups is 2. The standard InChI is InChI=1S/C19H20N2O4S/c1-13-6-8-16(9-7-13)21-12-14(10-18(21)22)19(23)20-15-4-3-5-17(11-15)26(2,24)25/h3-9,11,14H,10,12H2,1-2H3,(H,20,23). The second-order valence-electron chi connectivity index (χ2n) is 6.53. The van der Waals surface area contributed by atoms with Crippen molar-refractivity contribution in [1.82, 2.24) is 0 Å². The minimum absolute atomic E-state index is 0.0983. The van der Waals surface area contributed by atoms with E-state index in [1.165, 1.54) is 12.1 Å². The Labute approximate surface area is 152 Å². The summed E-state index contributed by atoms with van der Waals surface area (Å²) in [7, 11) is -3.35. The molecule has 3 rings (SSSR count). The van der Waals surface area contributed by atoms with E-state index in [0.717, 1.165) is 17.5 Å². The van der Waals surface area contributed by atoms with E-state index < -0.39 is 15.8 Å². The van der Waals surface area contributed by atoms with Crippen molar-refractivity contribution in [2.45, 2.75) is 18.2 Å². The summed E-state index contributed by atoms with van der Waals surface area (Å²) in [5, 5.41) is 2.72. The average Bonchev–Trinajstić information content (AvgIpc) is 2.97. The number of benzene rings is 2. The Morgan fingerprint density at radius 2 is 1.85 bits per heavy atom. The molecule has 0 radical (unpaired) electrons. The van der Waals surface area contributed by atoms with Crippen molar-refractivity contribution in [3.8, 4) is 0 Å². The van der Waals surface area contributed by atoms with E-state index in [4.69, 9.17) is 0 Å².